The number of carbonyl (C=O) groups is 1. The van der Waals surface area contributed by atoms with E-state index in [0.717, 1.165) is 28.5 Å². The molecule has 142 valence electrons. The molecule has 1 aromatic carbocycles. The summed E-state index contributed by atoms with van der Waals surface area (Å²) in [6, 6.07) is 9.70. The molecule has 1 amide bonds. The Bertz CT molecular complexity index is 1030. The number of hydrogen-bond donors (Lipinski definition) is 1. The van der Waals surface area contributed by atoms with Crippen molar-refractivity contribution in [1.29, 1.82) is 0 Å². The smallest absolute Gasteiger partial charge is 0.271 e. The van der Waals surface area contributed by atoms with Crippen LogP contribution in [0.1, 0.15) is 28.0 Å². The van der Waals surface area contributed by atoms with E-state index < -0.39 is 10.0 Å². The van der Waals surface area contributed by atoms with Crippen molar-refractivity contribution in [3.63, 3.8) is 0 Å². The lowest BCUT2D eigenvalue weighted by Gasteiger charge is -2.16. The number of anilines is 1. The fourth-order valence-corrected chi connectivity index (χ4v) is 5.23. The number of nitrogens with one attached hydrogen (secondary N) is 1. The highest BCUT2D eigenvalue weighted by Crippen LogP contribution is 2.21. The highest BCUT2D eigenvalue weighted by Gasteiger charge is 2.17. The van der Waals surface area contributed by atoms with Crippen LogP contribution in [0.25, 0.3) is 0 Å². The molecule has 3 rings (SSSR count). The molecule has 0 aliphatic heterocycles. The zero-order valence-corrected chi connectivity index (χ0v) is 17.3. The SMILES string of the molecule is CCc1nc(CN(C)C(=O)c2cccc(NS(=O)(=O)c3cccs3)c2)cs1. The average Bonchev–Trinajstić information content (AvgIpc) is 3.33. The van der Waals surface area contributed by atoms with Gasteiger partial charge in [0.15, 0.2) is 0 Å². The van der Waals surface area contributed by atoms with Gasteiger partial charge in [0.05, 0.1) is 17.2 Å². The number of aryl methyl sites for hydroxylation is 1. The highest BCUT2D eigenvalue weighted by atomic mass is 32.2. The predicted octanol–water partition coefficient (Wildman–Crippen LogP) is 3.84. The van der Waals surface area contributed by atoms with Gasteiger partial charge in [-0.05, 0) is 36.1 Å². The Balaban J connectivity index is 1.73. The molecule has 0 radical (unpaired) electrons. The molecular weight excluding hydrogens is 402 g/mol. The first kappa shape index (κ1) is 19.5. The molecule has 0 fully saturated rings. The molecular formula is C18H19N3O3S3. The largest absolute Gasteiger partial charge is 0.336 e. The fraction of sp³-hybridized carbons (Fsp3) is 0.222. The number of thiophene rings is 1. The van der Waals surface area contributed by atoms with Crippen molar-refractivity contribution in [3.05, 3.63) is 63.4 Å². The third-order valence-corrected chi connectivity index (χ3v) is 7.59. The van der Waals surface area contributed by atoms with Gasteiger partial charge in [-0.15, -0.1) is 22.7 Å². The molecule has 0 aliphatic rings. The van der Waals surface area contributed by atoms with Crippen LogP contribution in [0.2, 0.25) is 0 Å². The maximum Gasteiger partial charge on any atom is 0.271 e. The third kappa shape index (κ3) is 4.74. The zero-order chi connectivity index (χ0) is 19.4. The van der Waals surface area contributed by atoms with Crippen LogP contribution in [0.5, 0.6) is 0 Å². The van der Waals surface area contributed by atoms with Crippen LogP contribution < -0.4 is 4.72 Å². The van der Waals surface area contributed by atoms with E-state index in [1.807, 2.05) is 12.3 Å². The first-order chi connectivity index (χ1) is 12.9. The number of nitrogens with zero attached hydrogens (tertiary/aromatic N) is 2. The summed E-state index contributed by atoms with van der Waals surface area (Å²) in [5, 5.41) is 4.69. The molecule has 0 unspecified atom stereocenters. The molecule has 0 saturated carbocycles. The van der Waals surface area contributed by atoms with E-state index >= 15 is 0 Å². The van der Waals surface area contributed by atoms with E-state index in [1.165, 1.54) is 6.07 Å². The minimum absolute atomic E-state index is 0.196. The summed E-state index contributed by atoms with van der Waals surface area (Å²) < 4.78 is 27.4. The van der Waals surface area contributed by atoms with E-state index in [2.05, 4.69) is 9.71 Å². The minimum atomic E-state index is -3.65. The van der Waals surface area contributed by atoms with Crippen molar-refractivity contribution in [3.8, 4) is 0 Å². The van der Waals surface area contributed by atoms with Gasteiger partial charge in [-0.3, -0.25) is 9.52 Å². The number of rotatable bonds is 7. The van der Waals surface area contributed by atoms with Crippen LogP contribution in [0.3, 0.4) is 0 Å². The van der Waals surface area contributed by atoms with E-state index in [9.17, 15) is 13.2 Å². The molecule has 1 N–H and O–H groups in total. The number of hydrogen-bond acceptors (Lipinski definition) is 6. The van der Waals surface area contributed by atoms with E-state index in [0.29, 0.717) is 17.8 Å². The molecule has 2 heterocycles. The van der Waals surface area contributed by atoms with Crippen LogP contribution in [0.15, 0.2) is 51.4 Å². The van der Waals surface area contributed by atoms with Gasteiger partial charge in [-0.25, -0.2) is 13.4 Å². The van der Waals surface area contributed by atoms with Crippen LogP contribution in [0.4, 0.5) is 5.69 Å². The highest BCUT2D eigenvalue weighted by molar-refractivity contribution is 7.94. The molecule has 0 bridgehead atoms. The number of aromatic nitrogens is 1. The Morgan fingerprint density at radius 2 is 2.04 bits per heavy atom. The standard InChI is InChI=1S/C18H19N3O3S3/c1-3-16-19-15(12-26-16)11-21(2)18(22)13-6-4-7-14(10-13)20-27(23,24)17-8-5-9-25-17/h4-10,12,20H,3,11H2,1-2H3. The second kappa shape index (κ2) is 8.20. The van der Waals surface area contributed by atoms with Crippen LogP contribution >= 0.6 is 22.7 Å². The molecule has 0 aliphatic carbocycles. The summed E-state index contributed by atoms with van der Waals surface area (Å²) in [4.78, 5) is 18.7. The number of thiazole rings is 1. The Morgan fingerprint density at radius 3 is 2.70 bits per heavy atom. The van der Waals surface area contributed by atoms with Gasteiger partial charge in [0.1, 0.15) is 4.21 Å². The maximum atomic E-state index is 12.7. The topological polar surface area (TPSA) is 79.4 Å². The molecule has 6 nitrogen and oxygen atoms in total. The maximum absolute atomic E-state index is 12.7. The Kier molecular flexibility index (Phi) is 5.93. The van der Waals surface area contributed by atoms with E-state index in [-0.39, 0.29) is 10.1 Å². The summed E-state index contributed by atoms with van der Waals surface area (Å²) >= 11 is 2.72. The number of carbonyl (C=O) groups excluding carboxylic acids is 1. The van der Waals surface area contributed by atoms with Gasteiger partial charge >= 0.3 is 0 Å². The van der Waals surface area contributed by atoms with E-state index in [1.54, 1.807) is 59.0 Å². The van der Waals surface area contributed by atoms with Gasteiger partial charge in [-0.2, -0.15) is 0 Å². The Hall–Kier alpha value is -2.23. The van der Waals surface area contributed by atoms with Crippen molar-refractivity contribution < 1.29 is 13.2 Å². The van der Waals surface area contributed by atoms with Crippen molar-refractivity contribution in [2.75, 3.05) is 11.8 Å². The first-order valence-corrected chi connectivity index (χ1v) is 11.5. The van der Waals surface area contributed by atoms with Gasteiger partial charge in [-0.1, -0.05) is 19.1 Å². The lowest BCUT2D eigenvalue weighted by atomic mass is 10.2. The third-order valence-electron chi connectivity index (χ3n) is 3.77. The van der Waals surface area contributed by atoms with Crippen molar-refractivity contribution >= 4 is 44.3 Å². The second-order valence-corrected chi connectivity index (χ2v) is 9.67. The Labute approximate surface area is 166 Å². The van der Waals surface area contributed by atoms with Gasteiger partial charge in [0, 0.05) is 23.7 Å². The van der Waals surface area contributed by atoms with Crippen LogP contribution in [-0.2, 0) is 23.0 Å². The first-order valence-electron chi connectivity index (χ1n) is 8.24. The number of benzene rings is 1. The zero-order valence-electron chi connectivity index (χ0n) is 14.9. The molecule has 2 aromatic heterocycles. The van der Waals surface area contributed by atoms with Crippen LogP contribution in [0, 0.1) is 0 Å². The molecule has 0 atom stereocenters. The average molecular weight is 422 g/mol. The molecule has 27 heavy (non-hydrogen) atoms. The number of sulfonamides is 1. The van der Waals surface area contributed by atoms with Crippen molar-refractivity contribution in [2.24, 2.45) is 0 Å². The Morgan fingerprint density at radius 1 is 1.22 bits per heavy atom. The second-order valence-electron chi connectivity index (χ2n) is 5.87. The summed E-state index contributed by atoms with van der Waals surface area (Å²) in [5.74, 6) is -0.196. The monoisotopic (exact) mass is 421 g/mol. The van der Waals surface area contributed by atoms with Crippen molar-refractivity contribution in [2.45, 2.75) is 24.1 Å². The van der Waals surface area contributed by atoms with Crippen LogP contribution in [-0.4, -0.2) is 31.3 Å². The quantitative estimate of drug-likeness (QED) is 0.629. The molecule has 9 heteroatoms. The lowest BCUT2D eigenvalue weighted by Crippen LogP contribution is -2.26. The minimum Gasteiger partial charge on any atom is -0.336 e. The summed E-state index contributed by atoms with van der Waals surface area (Å²) in [5.41, 5.74) is 1.61. The van der Waals surface area contributed by atoms with Gasteiger partial charge in [0.2, 0.25) is 0 Å². The summed E-state index contributed by atoms with van der Waals surface area (Å²) in [6.07, 6.45) is 0.870. The summed E-state index contributed by atoms with van der Waals surface area (Å²) in [7, 11) is -1.94. The van der Waals surface area contributed by atoms with E-state index in [4.69, 9.17) is 0 Å². The van der Waals surface area contributed by atoms with Gasteiger partial charge in [0.25, 0.3) is 15.9 Å². The molecule has 0 spiro atoms. The number of amides is 1. The lowest BCUT2D eigenvalue weighted by molar-refractivity contribution is 0.0783. The van der Waals surface area contributed by atoms with Gasteiger partial charge < -0.3 is 4.90 Å². The molecule has 3 aromatic rings. The summed E-state index contributed by atoms with van der Waals surface area (Å²) in [6.45, 7) is 2.45. The normalized spacial score (nSPS) is 11.3. The molecule has 0 saturated heterocycles. The predicted molar refractivity (Wildman–Crippen MR) is 109 cm³/mol. The van der Waals surface area contributed by atoms with Crippen molar-refractivity contribution in [1.82, 2.24) is 9.88 Å². The fourth-order valence-electron chi connectivity index (χ4n) is 2.46.